The molecule has 1 aliphatic carbocycles. The third-order valence-corrected chi connectivity index (χ3v) is 4.73. The fourth-order valence-corrected chi connectivity index (χ4v) is 3.22. The van der Waals surface area contributed by atoms with E-state index in [0.29, 0.717) is 13.1 Å². The second-order valence-electron chi connectivity index (χ2n) is 5.96. The SMILES string of the molecule is COC1CN(C(=O)C2(c3ccc(N)cc3)CC2)CC1OC. The summed E-state index contributed by atoms with van der Waals surface area (Å²) in [6.07, 6.45) is 1.73. The van der Waals surface area contributed by atoms with Crippen LogP contribution in [0.25, 0.3) is 0 Å². The predicted octanol–water partition coefficient (Wildman–Crippen LogP) is 1.17. The number of methoxy groups -OCH3 is 2. The van der Waals surface area contributed by atoms with Gasteiger partial charge in [0.25, 0.3) is 0 Å². The minimum absolute atomic E-state index is 0.0406. The number of ether oxygens (including phenoxy) is 2. The lowest BCUT2D eigenvalue weighted by Crippen LogP contribution is -2.38. The Balaban J connectivity index is 1.78. The second kappa shape index (κ2) is 5.31. The number of nitrogens with zero attached hydrogens (tertiary/aromatic N) is 1. The molecule has 1 aromatic carbocycles. The molecular formula is C16H22N2O3. The standard InChI is InChI=1S/C16H22N2O3/c1-20-13-9-18(10-14(13)21-2)15(19)16(7-8-16)11-3-5-12(17)6-4-11/h3-6,13-14H,7-10,17H2,1-2H3. The average molecular weight is 290 g/mol. The van der Waals surface area contributed by atoms with Gasteiger partial charge in [0.05, 0.1) is 5.41 Å². The van der Waals surface area contributed by atoms with E-state index in [0.717, 1.165) is 24.1 Å². The minimum Gasteiger partial charge on any atom is -0.399 e. The molecule has 1 saturated heterocycles. The average Bonchev–Trinajstić information content (AvgIpc) is 3.20. The number of anilines is 1. The van der Waals surface area contributed by atoms with Crippen molar-refractivity contribution in [3.05, 3.63) is 29.8 Å². The number of rotatable bonds is 4. The molecule has 1 amide bonds. The maximum absolute atomic E-state index is 12.9. The summed E-state index contributed by atoms with van der Waals surface area (Å²) in [4.78, 5) is 14.8. The summed E-state index contributed by atoms with van der Waals surface area (Å²) >= 11 is 0. The molecule has 0 bridgehead atoms. The van der Waals surface area contributed by atoms with E-state index in [1.807, 2.05) is 29.2 Å². The van der Waals surface area contributed by atoms with Crippen molar-refractivity contribution in [2.45, 2.75) is 30.5 Å². The van der Waals surface area contributed by atoms with Crippen molar-refractivity contribution in [2.24, 2.45) is 0 Å². The fraction of sp³-hybridized carbons (Fsp3) is 0.562. The lowest BCUT2D eigenvalue weighted by atomic mass is 9.94. The molecule has 2 N–H and O–H groups in total. The van der Waals surface area contributed by atoms with Gasteiger partial charge in [-0.05, 0) is 30.5 Å². The van der Waals surface area contributed by atoms with E-state index < -0.39 is 0 Å². The van der Waals surface area contributed by atoms with E-state index in [9.17, 15) is 4.79 Å². The molecule has 5 heteroatoms. The van der Waals surface area contributed by atoms with Crippen LogP contribution in [-0.4, -0.2) is 50.3 Å². The molecule has 5 nitrogen and oxygen atoms in total. The van der Waals surface area contributed by atoms with Crippen molar-refractivity contribution < 1.29 is 14.3 Å². The topological polar surface area (TPSA) is 64.8 Å². The van der Waals surface area contributed by atoms with Crippen molar-refractivity contribution in [1.29, 1.82) is 0 Å². The molecule has 2 aliphatic rings. The highest BCUT2D eigenvalue weighted by Gasteiger charge is 2.54. The number of hydrogen-bond donors (Lipinski definition) is 1. The van der Waals surface area contributed by atoms with Crippen molar-refractivity contribution >= 4 is 11.6 Å². The van der Waals surface area contributed by atoms with Crippen LogP contribution in [0.15, 0.2) is 24.3 Å². The third-order valence-electron chi connectivity index (χ3n) is 4.73. The van der Waals surface area contributed by atoms with E-state index >= 15 is 0 Å². The highest BCUT2D eigenvalue weighted by molar-refractivity contribution is 5.91. The van der Waals surface area contributed by atoms with E-state index in [1.54, 1.807) is 14.2 Å². The highest BCUT2D eigenvalue weighted by atomic mass is 16.5. The Morgan fingerprint density at radius 3 is 2.10 bits per heavy atom. The van der Waals surface area contributed by atoms with Gasteiger partial charge in [0.2, 0.25) is 5.91 Å². The first-order valence-corrected chi connectivity index (χ1v) is 7.32. The van der Waals surface area contributed by atoms with Crippen LogP contribution in [0.1, 0.15) is 18.4 Å². The Morgan fingerprint density at radius 2 is 1.67 bits per heavy atom. The first-order chi connectivity index (χ1) is 10.1. The van der Waals surface area contributed by atoms with Gasteiger partial charge in [-0.15, -0.1) is 0 Å². The Bertz CT molecular complexity index is 513. The minimum atomic E-state index is -0.353. The summed E-state index contributed by atoms with van der Waals surface area (Å²) in [5, 5.41) is 0. The van der Waals surface area contributed by atoms with Crippen molar-refractivity contribution in [3.8, 4) is 0 Å². The number of benzene rings is 1. The van der Waals surface area contributed by atoms with Gasteiger partial charge >= 0.3 is 0 Å². The van der Waals surface area contributed by atoms with Crippen molar-refractivity contribution in [2.75, 3.05) is 33.0 Å². The Labute approximate surface area is 125 Å². The quantitative estimate of drug-likeness (QED) is 0.846. The molecule has 2 atom stereocenters. The van der Waals surface area contributed by atoms with E-state index in [4.69, 9.17) is 15.2 Å². The molecule has 0 aromatic heterocycles. The van der Waals surface area contributed by atoms with Gasteiger partial charge < -0.3 is 20.1 Å². The Kier molecular flexibility index (Phi) is 3.63. The van der Waals surface area contributed by atoms with Crippen LogP contribution in [0.2, 0.25) is 0 Å². The number of amides is 1. The molecular weight excluding hydrogens is 268 g/mol. The van der Waals surface area contributed by atoms with Gasteiger partial charge in [-0.3, -0.25) is 4.79 Å². The van der Waals surface area contributed by atoms with Crippen LogP contribution in [0.4, 0.5) is 5.69 Å². The fourth-order valence-electron chi connectivity index (χ4n) is 3.22. The number of carbonyl (C=O) groups is 1. The summed E-state index contributed by atoms with van der Waals surface area (Å²) in [5.74, 6) is 0.189. The van der Waals surface area contributed by atoms with E-state index in [1.165, 1.54) is 0 Å². The maximum Gasteiger partial charge on any atom is 0.233 e. The lowest BCUT2D eigenvalue weighted by Gasteiger charge is -2.23. The first kappa shape index (κ1) is 14.4. The zero-order chi connectivity index (χ0) is 15.0. The Hall–Kier alpha value is -1.59. The van der Waals surface area contributed by atoms with Crippen molar-refractivity contribution in [3.63, 3.8) is 0 Å². The Morgan fingerprint density at radius 1 is 1.14 bits per heavy atom. The zero-order valence-electron chi connectivity index (χ0n) is 12.5. The van der Waals surface area contributed by atoms with Gasteiger partial charge in [0.15, 0.2) is 0 Å². The molecule has 0 spiro atoms. The number of likely N-dealkylation sites (tertiary alicyclic amines) is 1. The van der Waals surface area contributed by atoms with Gasteiger partial charge in [-0.25, -0.2) is 0 Å². The summed E-state index contributed by atoms with van der Waals surface area (Å²) in [6.45, 7) is 1.20. The number of nitrogen functional groups attached to an aromatic ring is 1. The molecule has 3 rings (SSSR count). The molecule has 2 fully saturated rings. The van der Waals surface area contributed by atoms with Crippen LogP contribution in [0, 0.1) is 0 Å². The van der Waals surface area contributed by atoms with Crippen LogP contribution in [0.5, 0.6) is 0 Å². The van der Waals surface area contributed by atoms with E-state index in [2.05, 4.69) is 0 Å². The predicted molar refractivity (Wildman–Crippen MR) is 79.9 cm³/mol. The lowest BCUT2D eigenvalue weighted by molar-refractivity contribution is -0.133. The largest absolute Gasteiger partial charge is 0.399 e. The third kappa shape index (κ3) is 2.40. The van der Waals surface area contributed by atoms with Gasteiger partial charge in [0, 0.05) is 33.0 Å². The number of nitrogens with two attached hydrogens (primary N) is 1. The molecule has 1 aromatic rings. The molecule has 21 heavy (non-hydrogen) atoms. The maximum atomic E-state index is 12.9. The van der Waals surface area contributed by atoms with Crippen LogP contribution < -0.4 is 5.73 Å². The highest BCUT2D eigenvalue weighted by Crippen LogP contribution is 2.50. The molecule has 1 aliphatic heterocycles. The van der Waals surface area contributed by atoms with Crippen molar-refractivity contribution in [1.82, 2.24) is 4.90 Å². The summed E-state index contributed by atoms with van der Waals surface area (Å²) < 4.78 is 10.8. The van der Waals surface area contributed by atoms with Gasteiger partial charge in [0.1, 0.15) is 12.2 Å². The summed E-state index contributed by atoms with van der Waals surface area (Å²) in [7, 11) is 3.33. The molecule has 114 valence electrons. The normalized spacial score (nSPS) is 26.9. The smallest absolute Gasteiger partial charge is 0.233 e. The summed E-state index contributed by atoms with van der Waals surface area (Å²) in [5.41, 5.74) is 7.17. The number of hydrogen-bond acceptors (Lipinski definition) is 4. The van der Waals surface area contributed by atoms with Crippen LogP contribution in [0.3, 0.4) is 0 Å². The van der Waals surface area contributed by atoms with Crippen LogP contribution >= 0.6 is 0 Å². The monoisotopic (exact) mass is 290 g/mol. The van der Waals surface area contributed by atoms with Gasteiger partial charge in [-0.1, -0.05) is 12.1 Å². The molecule has 1 saturated carbocycles. The molecule has 2 unspecified atom stereocenters. The number of carbonyl (C=O) groups excluding carboxylic acids is 1. The zero-order valence-corrected chi connectivity index (χ0v) is 12.5. The first-order valence-electron chi connectivity index (χ1n) is 7.32. The summed E-state index contributed by atoms with van der Waals surface area (Å²) in [6, 6.07) is 7.67. The van der Waals surface area contributed by atoms with E-state index in [-0.39, 0.29) is 23.5 Å². The molecule has 1 heterocycles. The second-order valence-corrected chi connectivity index (χ2v) is 5.96. The molecule has 0 radical (unpaired) electrons. The van der Waals surface area contributed by atoms with Crippen LogP contribution in [-0.2, 0) is 19.7 Å². The van der Waals surface area contributed by atoms with Gasteiger partial charge in [-0.2, -0.15) is 0 Å².